The molecule has 0 aliphatic carbocycles. The van der Waals surface area contributed by atoms with Crippen LogP contribution >= 0.6 is 0 Å². The maximum absolute atomic E-state index is 12.5. The molecule has 6 nitrogen and oxygen atoms in total. The van der Waals surface area contributed by atoms with Gasteiger partial charge < -0.3 is 0 Å². The first-order valence-corrected chi connectivity index (χ1v) is 7.51. The largest absolute Gasteiger partial charge is 0.272 e. The van der Waals surface area contributed by atoms with Gasteiger partial charge in [0.1, 0.15) is 0 Å². The summed E-state index contributed by atoms with van der Waals surface area (Å²) in [5.41, 5.74) is 3.35. The van der Waals surface area contributed by atoms with E-state index >= 15 is 0 Å². The van der Waals surface area contributed by atoms with Crippen LogP contribution in [0.15, 0.2) is 71.1 Å². The second kappa shape index (κ2) is 6.97. The van der Waals surface area contributed by atoms with Gasteiger partial charge in [0.05, 0.1) is 0 Å². The predicted molar refractivity (Wildman–Crippen MR) is 94.1 cm³/mol. The van der Waals surface area contributed by atoms with E-state index in [0.29, 0.717) is 12.0 Å². The van der Waals surface area contributed by atoms with Crippen LogP contribution in [0.2, 0.25) is 0 Å². The molecule has 2 N–H and O–H groups in total. The van der Waals surface area contributed by atoms with Gasteiger partial charge in [-0.3, -0.25) is 9.79 Å². The number of benzene rings is 1. The first kappa shape index (κ1) is 15.8. The van der Waals surface area contributed by atoms with Gasteiger partial charge in [0, 0.05) is 35.9 Å². The number of hydrogen-bond acceptors (Lipinski definition) is 5. The van der Waals surface area contributed by atoms with E-state index in [4.69, 9.17) is 5.84 Å². The minimum absolute atomic E-state index is 0.148. The Kier molecular flexibility index (Phi) is 4.58. The van der Waals surface area contributed by atoms with Crippen LogP contribution in [0.1, 0.15) is 13.3 Å². The van der Waals surface area contributed by atoms with Crippen LogP contribution in [0.5, 0.6) is 0 Å². The van der Waals surface area contributed by atoms with Gasteiger partial charge in [0.25, 0.3) is 5.91 Å². The predicted octanol–water partition coefficient (Wildman–Crippen LogP) is 2.66. The van der Waals surface area contributed by atoms with Crippen LogP contribution in [-0.4, -0.2) is 22.1 Å². The Labute approximate surface area is 140 Å². The van der Waals surface area contributed by atoms with Gasteiger partial charge in [-0.2, -0.15) is 0 Å². The number of allylic oxidation sites excluding steroid dienone is 2. The highest BCUT2D eigenvalue weighted by Crippen LogP contribution is 2.19. The third kappa shape index (κ3) is 3.44. The molecular formula is C18H17N5O. The van der Waals surface area contributed by atoms with E-state index in [2.05, 4.69) is 15.0 Å². The number of carbonyl (C=O) groups excluding carboxylic acids is 1. The topological polar surface area (TPSA) is 84.5 Å². The summed E-state index contributed by atoms with van der Waals surface area (Å²) in [5.74, 6) is 5.67. The number of amides is 1. The average Bonchev–Trinajstić information content (AvgIpc) is 2.86. The Morgan fingerprint density at radius 2 is 1.83 bits per heavy atom. The molecule has 1 aliphatic rings. The van der Waals surface area contributed by atoms with Crippen molar-refractivity contribution in [3.05, 3.63) is 66.1 Å². The first-order chi connectivity index (χ1) is 11.6. The van der Waals surface area contributed by atoms with Crippen LogP contribution < -0.4 is 10.9 Å². The van der Waals surface area contributed by atoms with Crippen molar-refractivity contribution in [3.63, 3.8) is 0 Å². The zero-order chi connectivity index (χ0) is 16.9. The lowest BCUT2D eigenvalue weighted by Crippen LogP contribution is -2.39. The van der Waals surface area contributed by atoms with Crippen LogP contribution in [0.25, 0.3) is 11.1 Å². The molecule has 0 spiro atoms. The second-order valence-corrected chi connectivity index (χ2v) is 5.40. The summed E-state index contributed by atoms with van der Waals surface area (Å²) in [4.78, 5) is 24.9. The van der Waals surface area contributed by atoms with Crippen LogP contribution in [0.3, 0.4) is 0 Å². The molecule has 120 valence electrons. The summed E-state index contributed by atoms with van der Waals surface area (Å²) in [6, 6.07) is 9.75. The number of hydrogen-bond donors (Lipinski definition) is 1. The minimum atomic E-state index is -0.370. The molecule has 24 heavy (non-hydrogen) atoms. The SMILES string of the molecule is CC1=CCC(C(=O)N(N)c2ncc(-c3ccccc3)cn2)=CN=C1. The van der Waals surface area contributed by atoms with E-state index in [-0.39, 0.29) is 11.9 Å². The summed E-state index contributed by atoms with van der Waals surface area (Å²) < 4.78 is 0. The monoisotopic (exact) mass is 319 g/mol. The summed E-state index contributed by atoms with van der Waals surface area (Å²) in [6.45, 7) is 1.93. The molecule has 0 saturated heterocycles. The number of aromatic nitrogens is 2. The van der Waals surface area contributed by atoms with Gasteiger partial charge in [-0.25, -0.2) is 20.8 Å². The van der Waals surface area contributed by atoms with E-state index in [9.17, 15) is 4.79 Å². The lowest BCUT2D eigenvalue weighted by Gasteiger charge is -2.15. The fourth-order valence-corrected chi connectivity index (χ4v) is 2.23. The molecule has 0 radical (unpaired) electrons. The number of hydrazine groups is 1. The number of aliphatic imine (C=N–C) groups is 1. The lowest BCUT2D eigenvalue weighted by atomic mass is 10.1. The summed E-state index contributed by atoms with van der Waals surface area (Å²) in [7, 11) is 0. The molecule has 3 rings (SSSR count). The molecule has 1 amide bonds. The Hall–Kier alpha value is -3.12. The van der Waals surface area contributed by atoms with Crippen molar-refractivity contribution in [1.82, 2.24) is 9.97 Å². The van der Waals surface area contributed by atoms with E-state index in [1.165, 1.54) is 6.20 Å². The van der Waals surface area contributed by atoms with Crippen molar-refractivity contribution >= 4 is 18.1 Å². The van der Waals surface area contributed by atoms with Crippen molar-refractivity contribution in [2.24, 2.45) is 10.8 Å². The van der Waals surface area contributed by atoms with Crippen LogP contribution in [0.4, 0.5) is 5.95 Å². The molecular weight excluding hydrogens is 302 g/mol. The van der Waals surface area contributed by atoms with Crippen molar-refractivity contribution in [3.8, 4) is 11.1 Å². The third-order valence-electron chi connectivity index (χ3n) is 3.61. The number of carbonyl (C=O) groups is 1. The molecule has 0 bridgehead atoms. The standard InChI is InChI=1S/C18H17N5O/c1-13-7-8-15(10-20-9-13)17(24)23(19)18-21-11-16(12-22-18)14-5-3-2-4-6-14/h2-7,9-12H,8,19H2,1H3. The highest BCUT2D eigenvalue weighted by Gasteiger charge is 2.19. The zero-order valence-corrected chi connectivity index (χ0v) is 13.3. The van der Waals surface area contributed by atoms with Crippen molar-refractivity contribution in [2.45, 2.75) is 13.3 Å². The summed E-state index contributed by atoms with van der Waals surface area (Å²) >= 11 is 0. The van der Waals surface area contributed by atoms with Gasteiger partial charge in [-0.15, -0.1) is 0 Å². The third-order valence-corrected chi connectivity index (χ3v) is 3.61. The molecule has 0 fully saturated rings. The molecule has 2 heterocycles. The lowest BCUT2D eigenvalue weighted by molar-refractivity contribution is -0.115. The number of nitrogens with zero attached hydrogens (tertiary/aromatic N) is 4. The van der Waals surface area contributed by atoms with E-state index in [0.717, 1.165) is 21.7 Å². The van der Waals surface area contributed by atoms with Gasteiger partial charge in [0.2, 0.25) is 5.95 Å². The first-order valence-electron chi connectivity index (χ1n) is 7.51. The van der Waals surface area contributed by atoms with E-state index in [1.54, 1.807) is 18.6 Å². The number of rotatable bonds is 3. The quantitative estimate of drug-likeness (QED) is 0.535. The number of nitrogens with two attached hydrogens (primary N) is 1. The highest BCUT2D eigenvalue weighted by molar-refractivity contribution is 6.04. The summed E-state index contributed by atoms with van der Waals surface area (Å²) in [6.07, 6.45) is 8.91. The normalized spacial score (nSPS) is 13.8. The van der Waals surface area contributed by atoms with Crippen molar-refractivity contribution in [1.29, 1.82) is 0 Å². The molecule has 1 aliphatic heterocycles. The molecule has 0 unspecified atom stereocenters. The molecule has 1 aromatic carbocycles. The molecule has 2 aromatic rings. The molecule has 1 aromatic heterocycles. The van der Waals surface area contributed by atoms with Crippen molar-refractivity contribution < 1.29 is 4.79 Å². The Morgan fingerprint density at radius 3 is 2.54 bits per heavy atom. The maximum Gasteiger partial charge on any atom is 0.272 e. The van der Waals surface area contributed by atoms with Crippen LogP contribution in [0, 0.1) is 0 Å². The molecule has 0 saturated carbocycles. The van der Waals surface area contributed by atoms with Gasteiger partial charge >= 0.3 is 0 Å². The fourth-order valence-electron chi connectivity index (χ4n) is 2.23. The van der Waals surface area contributed by atoms with Gasteiger partial charge in [-0.05, 0) is 24.5 Å². The molecule has 6 heteroatoms. The number of anilines is 1. The second-order valence-electron chi connectivity index (χ2n) is 5.40. The zero-order valence-electron chi connectivity index (χ0n) is 13.3. The minimum Gasteiger partial charge on any atom is -0.267 e. The Balaban J connectivity index is 1.78. The van der Waals surface area contributed by atoms with Crippen LogP contribution in [-0.2, 0) is 4.79 Å². The average molecular weight is 319 g/mol. The van der Waals surface area contributed by atoms with Crippen molar-refractivity contribution in [2.75, 3.05) is 5.01 Å². The highest BCUT2D eigenvalue weighted by atomic mass is 16.2. The smallest absolute Gasteiger partial charge is 0.267 e. The fraction of sp³-hybridized carbons (Fsp3) is 0.111. The van der Waals surface area contributed by atoms with E-state index in [1.807, 2.05) is 43.3 Å². The molecule has 0 atom stereocenters. The Bertz CT molecular complexity index is 819. The van der Waals surface area contributed by atoms with E-state index < -0.39 is 0 Å². The van der Waals surface area contributed by atoms with Gasteiger partial charge in [0.15, 0.2) is 0 Å². The maximum atomic E-state index is 12.5. The van der Waals surface area contributed by atoms with Gasteiger partial charge in [-0.1, -0.05) is 36.4 Å². The summed E-state index contributed by atoms with van der Waals surface area (Å²) in [5, 5.41) is 0.949. The Morgan fingerprint density at radius 1 is 1.12 bits per heavy atom.